The second-order valence-corrected chi connectivity index (χ2v) is 10.3. The van der Waals surface area contributed by atoms with Gasteiger partial charge in [0, 0.05) is 23.9 Å². The number of carboxylic acid groups (broad SMARTS) is 1. The highest BCUT2D eigenvalue weighted by Crippen LogP contribution is 2.41. The molecule has 0 bridgehead atoms. The summed E-state index contributed by atoms with van der Waals surface area (Å²) in [7, 11) is -1.66. The molecule has 1 aliphatic heterocycles. The van der Waals surface area contributed by atoms with Crippen molar-refractivity contribution in [3.05, 3.63) is 70.4 Å². The van der Waals surface area contributed by atoms with Crippen molar-refractivity contribution in [3.8, 4) is 6.07 Å². The fourth-order valence-corrected chi connectivity index (χ4v) is 4.94. The van der Waals surface area contributed by atoms with Crippen molar-refractivity contribution < 1.29 is 32.1 Å². The van der Waals surface area contributed by atoms with Gasteiger partial charge in [-0.05, 0) is 58.2 Å². The van der Waals surface area contributed by atoms with E-state index < -0.39 is 39.3 Å². The maximum Gasteiger partial charge on any atom is 0.416 e. The van der Waals surface area contributed by atoms with E-state index >= 15 is 0 Å². The average molecular weight is 491 g/mol. The number of carboxylic acids is 1. The van der Waals surface area contributed by atoms with E-state index in [9.17, 15) is 37.3 Å². The lowest BCUT2D eigenvalue weighted by molar-refractivity contribution is -0.137. The van der Waals surface area contributed by atoms with E-state index in [0.29, 0.717) is 0 Å². The van der Waals surface area contributed by atoms with Gasteiger partial charge in [-0.1, -0.05) is 12.1 Å². The number of carbonyl (C=O) groups excluding carboxylic acids is 1. The molecule has 2 amide bonds. The largest absolute Gasteiger partial charge is 0.478 e. The SMILES string of the molecule is C=S(C)(=O)c1cc(C#N)ccc1[C@@H]1C(C(=O)O)=C(C)N(c2cccc(C(F)(F)F)c2)C(=O)N1C. The number of benzene rings is 2. The van der Waals surface area contributed by atoms with Crippen molar-refractivity contribution in [1.29, 1.82) is 5.26 Å². The number of rotatable bonds is 4. The third-order valence-electron chi connectivity index (χ3n) is 5.44. The lowest BCUT2D eigenvalue weighted by Crippen LogP contribution is -2.49. The Bertz CT molecular complexity index is 1370. The molecule has 0 aromatic heterocycles. The molecular formula is C23H20F3N3O4S. The molecule has 1 heterocycles. The minimum Gasteiger partial charge on any atom is -0.478 e. The molecule has 0 aliphatic carbocycles. The molecular weight excluding hydrogens is 471 g/mol. The van der Waals surface area contributed by atoms with Crippen LogP contribution < -0.4 is 4.90 Å². The van der Waals surface area contributed by atoms with Crippen LogP contribution in [0.1, 0.15) is 29.7 Å². The van der Waals surface area contributed by atoms with E-state index in [1.165, 1.54) is 44.5 Å². The van der Waals surface area contributed by atoms with Gasteiger partial charge in [0.15, 0.2) is 0 Å². The molecule has 0 radical (unpaired) electrons. The summed E-state index contributed by atoms with van der Waals surface area (Å²) in [4.78, 5) is 27.7. The number of halogens is 3. The number of aliphatic carboxylic acids is 1. The number of allylic oxidation sites excluding steroid dienone is 1. The van der Waals surface area contributed by atoms with E-state index in [1.54, 1.807) is 0 Å². The van der Waals surface area contributed by atoms with Gasteiger partial charge in [0.05, 0.1) is 34.5 Å². The van der Waals surface area contributed by atoms with Crippen LogP contribution >= 0.6 is 0 Å². The van der Waals surface area contributed by atoms with Crippen LogP contribution in [-0.4, -0.2) is 45.4 Å². The number of hydrogen-bond donors (Lipinski definition) is 1. The van der Waals surface area contributed by atoms with Crippen molar-refractivity contribution in [2.45, 2.75) is 24.0 Å². The van der Waals surface area contributed by atoms with Crippen LogP contribution in [0.4, 0.5) is 23.7 Å². The Morgan fingerprint density at radius 2 is 1.88 bits per heavy atom. The minimum absolute atomic E-state index is 0.0955. The number of alkyl halides is 3. The van der Waals surface area contributed by atoms with Gasteiger partial charge in [0.25, 0.3) is 0 Å². The van der Waals surface area contributed by atoms with E-state index in [1.807, 2.05) is 6.07 Å². The third-order valence-corrected chi connectivity index (χ3v) is 6.73. The third kappa shape index (κ3) is 4.36. The van der Waals surface area contributed by atoms with Gasteiger partial charge in [0.1, 0.15) is 0 Å². The molecule has 0 saturated carbocycles. The number of carbonyl (C=O) groups is 2. The van der Waals surface area contributed by atoms with Gasteiger partial charge < -0.3 is 10.0 Å². The van der Waals surface area contributed by atoms with Crippen LogP contribution in [-0.2, 0) is 20.5 Å². The summed E-state index contributed by atoms with van der Waals surface area (Å²) in [6, 6.07) is 8.05. The molecule has 0 saturated heterocycles. The standard InChI is InChI=1S/C23H20F3N3O4S/c1-13-19(21(30)31)20(17-9-8-14(12-27)10-18(17)34(3,4)33)28(2)22(32)29(13)16-7-5-6-15(11-16)23(24,25)26/h5-11,20H,3H2,1-2,4H3,(H,30,31)/t20-,34?/m1/s1. The minimum atomic E-state index is -4.66. The zero-order chi connectivity index (χ0) is 25.6. The van der Waals surface area contributed by atoms with Crippen molar-refractivity contribution in [2.75, 3.05) is 18.2 Å². The molecule has 1 aliphatic rings. The monoisotopic (exact) mass is 491 g/mol. The van der Waals surface area contributed by atoms with Gasteiger partial charge in [-0.25, -0.2) is 9.59 Å². The van der Waals surface area contributed by atoms with Crippen molar-refractivity contribution in [2.24, 2.45) is 0 Å². The van der Waals surface area contributed by atoms with Gasteiger partial charge in [-0.15, -0.1) is 0 Å². The van der Waals surface area contributed by atoms with Gasteiger partial charge in [-0.3, -0.25) is 9.11 Å². The maximum atomic E-state index is 13.3. The van der Waals surface area contributed by atoms with E-state index in [2.05, 4.69) is 5.87 Å². The molecule has 1 unspecified atom stereocenters. The first-order chi connectivity index (χ1) is 15.7. The second kappa shape index (κ2) is 8.53. The smallest absolute Gasteiger partial charge is 0.416 e. The van der Waals surface area contributed by atoms with E-state index in [0.717, 1.165) is 28.0 Å². The number of likely N-dealkylation sites (N-methyl/N-ethyl adjacent to an activating group) is 1. The zero-order valence-electron chi connectivity index (χ0n) is 18.4. The first-order valence-corrected chi connectivity index (χ1v) is 11.9. The van der Waals surface area contributed by atoms with Gasteiger partial charge in [0.2, 0.25) is 0 Å². The van der Waals surface area contributed by atoms with E-state index in [4.69, 9.17) is 0 Å². The molecule has 3 rings (SSSR count). The topological polar surface area (TPSA) is 102 Å². The summed E-state index contributed by atoms with van der Waals surface area (Å²) in [6.45, 7) is 1.32. The molecule has 1 N–H and O–H groups in total. The van der Waals surface area contributed by atoms with Crippen LogP contribution in [0.5, 0.6) is 0 Å². The summed E-state index contributed by atoms with van der Waals surface area (Å²) in [6.07, 6.45) is -3.34. The fourth-order valence-electron chi connectivity index (χ4n) is 3.89. The van der Waals surface area contributed by atoms with Gasteiger partial charge in [-0.2, -0.15) is 18.4 Å². The van der Waals surface area contributed by atoms with Crippen molar-refractivity contribution >= 4 is 33.1 Å². The molecule has 178 valence electrons. The Hall–Kier alpha value is -3.78. The average Bonchev–Trinajstić information content (AvgIpc) is 2.74. The molecule has 11 heteroatoms. The first-order valence-electron chi connectivity index (χ1n) is 9.73. The van der Waals surface area contributed by atoms with Crippen LogP contribution in [0.2, 0.25) is 0 Å². The molecule has 2 atom stereocenters. The number of nitriles is 1. The molecule has 2 aromatic carbocycles. The van der Waals surface area contributed by atoms with Crippen LogP contribution in [0, 0.1) is 11.3 Å². The summed E-state index contributed by atoms with van der Waals surface area (Å²) in [5, 5.41) is 19.3. The molecule has 0 spiro atoms. The first kappa shape index (κ1) is 24.9. The Morgan fingerprint density at radius 3 is 2.41 bits per heavy atom. The van der Waals surface area contributed by atoms with Crippen LogP contribution in [0.15, 0.2) is 58.6 Å². The quantitative estimate of drug-likeness (QED) is 0.645. The number of amides is 2. The van der Waals surface area contributed by atoms with Crippen molar-refractivity contribution in [3.63, 3.8) is 0 Å². The molecule has 2 aromatic rings. The maximum absolute atomic E-state index is 13.3. The predicted molar refractivity (Wildman–Crippen MR) is 121 cm³/mol. The van der Waals surface area contributed by atoms with Crippen LogP contribution in [0.3, 0.4) is 0 Å². The summed E-state index contributed by atoms with van der Waals surface area (Å²) >= 11 is 0. The predicted octanol–water partition coefficient (Wildman–Crippen LogP) is 4.25. The number of hydrogen-bond acceptors (Lipinski definition) is 4. The Kier molecular flexibility index (Phi) is 6.24. The summed E-state index contributed by atoms with van der Waals surface area (Å²) in [5.74, 6) is 2.22. The molecule has 34 heavy (non-hydrogen) atoms. The lowest BCUT2D eigenvalue weighted by Gasteiger charge is -2.41. The molecule has 0 fully saturated rings. The van der Waals surface area contributed by atoms with E-state index in [-0.39, 0.29) is 33.0 Å². The highest BCUT2D eigenvalue weighted by molar-refractivity contribution is 7.99. The summed E-state index contributed by atoms with van der Waals surface area (Å²) in [5.41, 5.74) is -1.18. The molecule has 7 nitrogen and oxygen atoms in total. The highest BCUT2D eigenvalue weighted by atomic mass is 32.2. The van der Waals surface area contributed by atoms with Gasteiger partial charge >= 0.3 is 18.2 Å². The number of nitrogens with zero attached hydrogens (tertiary/aromatic N) is 3. The lowest BCUT2D eigenvalue weighted by atomic mass is 9.92. The Labute approximate surface area is 194 Å². The number of urea groups is 1. The zero-order valence-corrected chi connectivity index (χ0v) is 19.2. The Balaban J connectivity index is 2.30. The normalized spacial score (nSPS) is 18.5. The Morgan fingerprint density at radius 1 is 1.24 bits per heavy atom. The fraction of sp³-hybridized carbons (Fsp3) is 0.217. The van der Waals surface area contributed by atoms with Crippen molar-refractivity contribution in [1.82, 2.24) is 4.90 Å². The second-order valence-electron chi connectivity index (χ2n) is 7.85. The summed E-state index contributed by atoms with van der Waals surface area (Å²) < 4.78 is 52.6. The van der Waals surface area contributed by atoms with Crippen LogP contribution in [0.25, 0.3) is 0 Å². The highest BCUT2D eigenvalue weighted by Gasteiger charge is 2.42. The number of anilines is 1.